The maximum atomic E-state index is 5.54. The second-order valence-electron chi connectivity index (χ2n) is 17.0. The third-order valence-corrected chi connectivity index (χ3v) is 13.6. The number of hydrogen-bond acceptors (Lipinski definition) is 3. The zero-order valence-electron chi connectivity index (χ0n) is 38.1. The second kappa shape index (κ2) is 18.7. The molecule has 4 nitrogen and oxygen atoms in total. The van der Waals surface area contributed by atoms with E-state index in [1.54, 1.807) is 11.8 Å². The van der Waals surface area contributed by atoms with E-state index < -0.39 is 0 Å². The largest absolute Gasteiger partial charge is 2.00 e. The van der Waals surface area contributed by atoms with E-state index in [0.717, 1.165) is 100 Å². The van der Waals surface area contributed by atoms with Crippen molar-refractivity contribution in [2.75, 3.05) is 6.26 Å². The molecule has 0 aliphatic carbocycles. The van der Waals surface area contributed by atoms with Gasteiger partial charge in [-0.05, 0) is 204 Å². The average Bonchev–Trinajstić information content (AvgIpc) is 4.14. The number of benzene rings is 5. The molecule has 0 fully saturated rings. The molecule has 3 aromatic heterocycles. The summed E-state index contributed by atoms with van der Waals surface area (Å²) in [5.74, 6) is 6.77. The number of rotatable bonds is 5. The van der Waals surface area contributed by atoms with Crippen molar-refractivity contribution in [1.29, 1.82) is 0 Å². The fourth-order valence-electron chi connectivity index (χ4n) is 9.52. The molecule has 5 heterocycles. The van der Waals surface area contributed by atoms with E-state index in [0.29, 0.717) is 0 Å². The minimum absolute atomic E-state index is 0. The fraction of sp³-hybridized carbons (Fsp3) is 0.119. The first-order valence-electron chi connectivity index (χ1n) is 21.8. The van der Waals surface area contributed by atoms with Crippen LogP contribution in [0.25, 0.3) is 90.9 Å². The Morgan fingerprint density at radius 1 is 0.439 bits per heavy atom. The average molecular weight is 1030 g/mol. The van der Waals surface area contributed by atoms with Crippen molar-refractivity contribution in [3.8, 4) is 56.3 Å². The standard InChI is InChI=1S/C59H45IN4S.Zn/c1-34-29-36(3)54(37(4)30-34)58-50-25-21-46(61-50)56(42-15-13-40(14-16-42)11-12-41-9-8-10-45(33-41)65-7)47-22-26-51(62-47)59(55-38(5)31-35(2)32-39(55)6)53-28-24-49(64-53)57(48-23-27-52(58)63-48)43-17-19-44(60)20-18-43;/h8-10,13-33H,1-7H3;/q-2;+2. The van der Waals surface area contributed by atoms with Gasteiger partial charge in [-0.25, -0.2) is 9.97 Å². The maximum Gasteiger partial charge on any atom is 2.00 e. The summed E-state index contributed by atoms with van der Waals surface area (Å²) < 4.78 is 1.17. The fourth-order valence-corrected chi connectivity index (χ4v) is 10.3. The SMILES string of the molecule is CSc1cccc(C#Cc2ccc(-c3c4nc(c(-c5c(C)cc(C)cc5C)c5ccc([n-]5)c(-c5ccc(I)cc5)c5nc(c(-c6c(C)cc(C)cc6C)c6ccc3[n-]6)C=C5)C=C4)cc2)c1.[Zn+2]. The summed E-state index contributed by atoms with van der Waals surface area (Å²) in [4.78, 5) is 23.3. The molecule has 10 rings (SSSR count). The van der Waals surface area contributed by atoms with Gasteiger partial charge < -0.3 is 9.97 Å². The van der Waals surface area contributed by atoms with E-state index in [2.05, 4.69) is 228 Å². The van der Waals surface area contributed by atoms with Gasteiger partial charge in [0.25, 0.3) is 0 Å². The van der Waals surface area contributed by atoms with Gasteiger partial charge in [-0.15, -0.1) is 33.8 Å². The molecule has 8 bridgehead atoms. The second-order valence-corrected chi connectivity index (χ2v) is 19.1. The van der Waals surface area contributed by atoms with Crippen molar-refractivity contribution < 1.29 is 19.5 Å². The molecule has 316 valence electrons. The van der Waals surface area contributed by atoms with Gasteiger partial charge in [0.05, 0.1) is 22.8 Å². The van der Waals surface area contributed by atoms with Crippen LogP contribution >= 0.6 is 34.4 Å². The van der Waals surface area contributed by atoms with Gasteiger partial charge in [0, 0.05) is 19.6 Å². The summed E-state index contributed by atoms with van der Waals surface area (Å²) in [6.45, 7) is 13.1. The molecule has 0 radical (unpaired) electrons. The van der Waals surface area contributed by atoms with Crippen molar-refractivity contribution in [3.05, 3.63) is 192 Å². The smallest absolute Gasteiger partial charge is 0.657 e. The first kappa shape index (κ1) is 45.1. The van der Waals surface area contributed by atoms with Crippen molar-refractivity contribution in [2.45, 2.75) is 46.4 Å². The summed E-state index contributed by atoms with van der Waals surface area (Å²) in [5, 5.41) is 0. The molecule has 0 N–H and O–H groups in total. The van der Waals surface area contributed by atoms with Crippen LogP contribution in [-0.4, -0.2) is 16.2 Å². The molecule has 8 aromatic rings. The summed E-state index contributed by atoms with van der Waals surface area (Å²) >= 11 is 4.09. The zero-order chi connectivity index (χ0) is 44.9. The summed E-state index contributed by atoms with van der Waals surface area (Å²) in [7, 11) is 0. The van der Waals surface area contributed by atoms with E-state index in [4.69, 9.17) is 19.9 Å². The summed E-state index contributed by atoms with van der Waals surface area (Å²) in [6, 6.07) is 43.1. The van der Waals surface area contributed by atoms with Crippen LogP contribution in [0, 0.1) is 57.0 Å². The summed E-state index contributed by atoms with van der Waals surface area (Å²) in [6.07, 6.45) is 10.7. The Hall–Kier alpha value is -6.04. The first-order chi connectivity index (χ1) is 31.5. The Morgan fingerprint density at radius 2 is 0.833 bits per heavy atom. The molecule has 0 saturated carbocycles. The van der Waals surface area contributed by atoms with Gasteiger partial charge in [-0.3, -0.25) is 0 Å². The Morgan fingerprint density at radius 3 is 1.27 bits per heavy atom. The molecule has 2 aliphatic heterocycles. The van der Waals surface area contributed by atoms with Crippen LogP contribution in [0.15, 0.2) is 126 Å². The van der Waals surface area contributed by atoms with E-state index in [1.807, 2.05) is 0 Å². The predicted octanol–water partition coefficient (Wildman–Crippen LogP) is 15.2. The van der Waals surface area contributed by atoms with Crippen LogP contribution in [0.3, 0.4) is 0 Å². The van der Waals surface area contributed by atoms with Crippen LogP contribution in [0.2, 0.25) is 0 Å². The van der Waals surface area contributed by atoms with E-state index in [9.17, 15) is 0 Å². The number of halogens is 1. The minimum atomic E-state index is 0. The molecule has 2 aliphatic rings. The van der Waals surface area contributed by atoms with Gasteiger partial charge in [0.2, 0.25) is 0 Å². The van der Waals surface area contributed by atoms with Crippen LogP contribution in [0.1, 0.15) is 67.3 Å². The van der Waals surface area contributed by atoms with E-state index in [1.165, 1.54) is 41.8 Å². The zero-order valence-corrected chi connectivity index (χ0v) is 44.1. The van der Waals surface area contributed by atoms with E-state index in [-0.39, 0.29) is 19.5 Å². The molecule has 0 unspecified atom stereocenters. The number of nitrogens with zero attached hydrogens (tertiary/aromatic N) is 4. The third kappa shape index (κ3) is 8.71. The molecule has 0 spiro atoms. The Labute approximate surface area is 418 Å². The number of aryl methyl sites for hydroxylation is 6. The van der Waals surface area contributed by atoms with Crippen molar-refractivity contribution >= 4 is 80.7 Å². The van der Waals surface area contributed by atoms with E-state index >= 15 is 0 Å². The molecular weight excluding hydrogens is 989 g/mol. The maximum absolute atomic E-state index is 5.54. The van der Waals surface area contributed by atoms with Gasteiger partial charge in [-0.2, -0.15) is 0 Å². The Balaban J connectivity index is 0.00000548. The number of hydrogen-bond donors (Lipinski definition) is 0. The van der Waals surface area contributed by atoms with Crippen molar-refractivity contribution in [3.63, 3.8) is 0 Å². The van der Waals surface area contributed by atoms with Crippen LogP contribution in [0.5, 0.6) is 0 Å². The monoisotopic (exact) mass is 1030 g/mol. The van der Waals surface area contributed by atoms with Gasteiger partial charge in [0.15, 0.2) is 0 Å². The first-order valence-corrected chi connectivity index (χ1v) is 24.1. The van der Waals surface area contributed by atoms with Crippen LogP contribution in [-0.2, 0) is 19.5 Å². The molecule has 0 amide bonds. The van der Waals surface area contributed by atoms with Crippen molar-refractivity contribution in [2.24, 2.45) is 0 Å². The molecule has 0 atom stereocenters. The predicted molar refractivity (Wildman–Crippen MR) is 284 cm³/mol. The normalized spacial score (nSPS) is 11.6. The van der Waals surface area contributed by atoms with Crippen LogP contribution in [0.4, 0.5) is 0 Å². The molecule has 0 saturated heterocycles. The Bertz CT molecular complexity index is 3440. The molecule has 66 heavy (non-hydrogen) atoms. The Kier molecular flexibility index (Phi) is 12.8. The number of thioether (sulfide) groups is 1. The quantitative estimate of drug-likeness (QED) is 0.0744. The molecule has 7 heteroatoms. The van der Waals surface area contributed by atoms with Crippen LogP contribution < -0.4 is 9.97 Å². The minimum Gasteiger partial charge on any atom is -0.657 e. The molecular formula is C59H45IN4SZn. The van der Waals surface area contributed by atoms with Gasteiger partial charge in [0.1, 0.15) is 0 Å². The van der Waals surface area contributed by atoms with Gasteiger partial charge in [-0.1, -0.05) is 102 Å². The third-order valence-electron chi connectivity index (χ3n) is 12.2. The summed E-state index contributed by atoms with van der Waals surface area (Å²) in [5.41, 5.74) is 24.1. The number of aromatic nitrogens is 4. The van der Waals surface area contributed by atoms with Crippen molar-refractivity contribution in [1.82, 2.24) is 19.9 Å². The van der Waals surface area contributed by atoms with Gasteiger partial charge >= 0.3 is 19.5 Å². The topological polar surface area (TPSA) is 54.0 Å². The molecule has 5 aromatic carbocycles. The number of fused-ring (bicyclic) bond motifs is 8.